The molecular formula is C20H26N2O4S. The number of nitrogens with one attached hydrogen (secondary N) is 2. The van der Waals surface area contributed by atoms with E-state index in [-0.39, 0.29) is 12.0 Å². The fourth-order valence-electron chi connectivity index (χ4n) is 2.50. The van der Waals surface area contributed by atoms with Crippen LogP contribution in [0, 0.1) is 6.92 Å². The fourth-order valence-corrected chi connectivity index (χ4v) is 3.12. The number of sulfonamides is 1. The van der Waals surface area contributed by atoms with Crippen LogP contribution in [0.4, 0.5) is 5.69 Å². The van der Waals surface area contributed by atoms with E-state index in [2.05, 4.69) is 10.0 Å². The van der Waals surface area contributed by atoms with Crippen molar-refractivity contribution in [3.05, 3.63) is 59.2 Å². The molecule has 0 heterocycles. The molecule has 0 unspecified atom stereocenters. The van der Waals surface area contributed by atoms with Gasteiger partial charge in [0.15, 0.2) is 0 Å². The van der Waals surface area contributed by atoms with Gasteiger partial charge in [-0.1, -0.05) is 18.2 Å². The molecule has 0 aliphatic carbocycles. The third-order valence-corrected chi connectivity index (χ3v) is 4.38. The molecule has 0 aliphatic heterocycles. The molecular weight excluding hydrogens is 364 g/mol. The van der Waals surface area contributed by atoms with E-state index < -0.39 is 10.0 Å². The molecule has 0 aliphatic rings. The Morgan fingerprint density at radius 1 is 1.11 bits per heavy atom. The van der Waals surface area contributed by atoms with E-state index in [0.29, 0.717) is 24.2 Å². The Hall–Kier alpha value is -2.54. The van der Waals surface area contributed by atoms with Crippen molar-refractivity contribution in [1.29, 1.82) is 0 Å². The summed E-state index contributed by atoms with van der Waals surface area (Å²) in [5.41, 5.74) is 2.66. The molecule has 0 aromatic heterocycles. The molecule has 0 bridgehead atoms. The second-order valence-corrected chi connectivity index (χ2v) is 8.47. The first-order valence-corrected chi connectivity index (χ1v) is 10.7. The van der Waals surface area contributed by atoms with E-state index in [0.717, 1.165) is 23.1 Å². The summed E-state index contributed by atoms with van der Waals surface area (Å²) in [6.45, 7) is 6.21. The highest BCUT2D eigenvalue weighted by Crippen LogP contribution is 2.18. The molecule has 0 radical (unpaired) electrons. The number of carbonyl (C=O) groups is 1. The molecule has 1 amide bonds. The van der Waals surface area contributed by atoms with Crippen molar-refractivity contribution in [2.45, 2.75) is 33.3 Å². The van der Waals surface area contributed by atoms with Gasteiger partial charge in [-0.25, -0.2) is 8.42 Å². The SMILES string of the molecule is Cc1ccc(C(=O)NCCc2ccc(OC(C)C)cc2)cc1NS(C)(=O)=O. The molecule has 0 spiro atoms. The van der Waals surface area contributed by atoms with E-state index in [1.54, 1.807) is 25.1 Å². The van der Waals surface area contributed by atoms with Crippen molar-refractivity contribution in [3.8, 4) is 5.75 Å². The quantitative estimate of drug-likeness (QED) is 0.725. The maximum Gasteiger partial charge on any atom is 0.251 e. The lowest BCUT2D eigenvalue weighted by Gasteiger charge is -2.11. The number of aryl methyl sites for hydroxylation is 1. The number of amides is 1. The average molecular weight is 391 g/mol. The van der Waals surface area contributed by atoms with Gasteiger partial charge >= 0.3 is 0 Å². The summed E-state index contributed by atoms with van der Waals surface area (Å²) >= 11 is 0. The number of anilines is 1. The number of carbonyl (C=O) groups excluding carboxylic acids is 1. The zero-order chi connectivity index (χ0) is 20.0. The predicted molar refractivity (Wildman–Crippen MR) is 108 cm³/mol. The monoisotopic (exact) mass is 390 g/mol. The normalized spacial score (nSPS) is 11.3. The molecule has 2 aromatic rings. The largest absolute Gasteiger partial charge is 0.491 e. The van der Waals surface area contributed by atoms with Gasteiger partial charge in [0.05, 0.1) is 18.0 Å². The molecule has 27 heavy (non-hydrogen) atoms. The summed E-state index contributed by atoms with van der Waals surface area (Å²) in [6, 6.07) is 12.7. The molecule has 146 valence electrons. The summed E-state index contributed by atoms with van der Waals surface area (Å²) < 4.78 is 30.9. The lowest BCUT2D eigenvalue weighted by atomic mass is 10.1. The lowest BCUT2D eigenvalue weighted by molar-refractivity contribution is 0.0954. The third kappa shape index (κ3) is 6.94. The van der Waals surface area contributed by atoms with Crippen molar-refractivity contribution in [3.63, 3.8) is 0 Å². The minimum absolute atomic E-state index is 0.131. The number of rotatable bonds is 8. The van der Waals surface area contributed by atoms with Crippen molar-refractivity contribution < 1.29 is 17.9 Å². The zero-order valence-electron chi connectivity index (χ0n) is 16.1. The topological polar surface area (TPSA) is 84.5 Å². The Morgan fingerprint density at radius 3 is 2.37 bits per heavy atom. The highest BCUT2D eigenvalue weighted by Gasteiger charge is 2.10. The summed E-state index contributed by atoms with van der Waals surface area (Å²) in [5, 5.41) is 2.86. The van der Waals surface area contributed by atoms with E-state index in [4.69, 9.17) is 4.74 Å². The van der Waals surface area contributed by atoms with Crippen LogP contribution < -0.4 is 14.8 Å². The molecule has 0 saturated carbocycles. The third-order valence-electron chi connectivity index (χ3n) is 3.79. The van der Waals surface area contributed by atoms with Crippen LogP contribution in [0.2, 0.25) is 0 Å². The van der Waals surface area contributed by atoms with Gasteiger partial charge in [-0.15, -0.1) is 0 Å². The van der Waals surface area contributed by atoms with E-state index >= 15 is 0 Å². The van der Waals surface area contributed by atoms with E-state index in [1.807, 2.05) is 38.1 Å². The fraction of sp³-hybridized carbons (Fsp3) is 0.350. The van der Waals surface area contributed by atoms with Crippen molar-refractivity contribution >= 4 is 21.6 Å². The van der Waals surface area contributed by atoms with Crippen LogP contribution in [0.1, 0.15) is 35.3 Å². The minimum Gasteiger partial charge on any atom is -0.491 e. The number of benzene rings is 2. The maximum atomic E-state index is 12.3. The van der Waals surface area contributed by atoms with E-state index in [1.165, 1.54) is 0 Å². The van der Waals surface area contributed by atoms with Crippen LogP contribution in [-0.4, -0.2) is 33.2 Å². The number of ether oxygens (including phenoxy) is 1. The van der Waals surface area contributed by atoms with Gasteiger partial charge in [0, 0.05) is 12.1 Å². The Morgan fingerprint density at radius 2 is 1.78 bits per heavy atom. The molecule has 0 atom stereocenters. The molecule has 7 heteroatoms. The van der Waals surface area contributed by atoms with Gasteiger partial charge in [-0.3, -0.25) is 9.52 Å². The van der Waals surface area contributed by atoms with Crippen molar-refractivity contribution in [1.82, 2.24) is 5.32 Å². The standard InChI is InChI=1S/C20H26N2O4S/c1-14(2)26-18-9-6-16(7-10-18)11-12-21-20(23)17-8-5-15(3)19(13-17)22-27(4,24)25/h5-10,13-14,22H,11-12H2,1-4H3,(H,21,23). The molecule has 0 saturated heterocycles. The summed E-state index contributed by atoms with van der Waals surface area (Å²) in [4.78, 5) is 12.3. The Labute approximate surface area is 161 Å². The van der Waals surface area contributed by atoms with E-state index in [9.17, 15) is 13.2 Å². The van der Waals surface area contributed by atoms with Gasteiger partial charge < -0.3 is 10.1 Å². The van der Waals surface area contributed by atoms with Crippen LogP contribution in [-0.2, 0) is 16.4 Å². The highest BCUT2D eigenvalue weighted by atomic mass is 32.2. The van der Waals surface area contributed by atoms with Gasteiger partial charge in [0.25, 0.3) is 5.91 Å². The predicted octanol–water partition coefficient (Wildman–Crippen LogP) is 3.13. The lowest BCUT2D eigenvalue weighted by Crippen LogP contribution is -2.26. The van der Waals surface area contributed by atoms with Crippen LogP contribution in [0.25, 0.3) is 0 Å². The summed E-state index contributed by atoms with van der Waals surface area (Å²) in [7, 11) is -3.40. The smallest absolute Gasteiger partial charge is 0.251 e. The molecule has 2 rings (SSSR count). The second kappa shape index (κ2) is 8.90. The Bertz CT molecular complexity index is 891. The highest BCUT2D eigenvalue weighted by molar-refractivity contribution is 7.92. The van der Waals surface area contributed by atoms with Gasteiger partial charge in [0.2, 0.25) is 10.0 Å². The Kier molecular flexibility index (Phi) is 6.85. The molecule has 6 nitrogen and oxygen atoms in total. The van der Waals surface area contributed by atoms with Gasteiger partial charge in [0.1, 0.15) is 5.75 Å². The maximum absolute atomic E-state index is 12.3. The first-order chi connectivity index (χ1) is 12.6. The van der Waals surface area contributed by atoms with Crippen LogP contribution in [0.5, 0.6) is 5.75 Å². The molecule has 2 aromatic carbocycles. The summed E-state index contributed by atoms with van der Waals surface area (Å²) in [5.74, 6) is 0.578. The van der Waals surface area contributed by atoms with Gasteiger partial charge in [-0.05, 0) is 62.6 Å². The minimum atomic E-state index is -3.40. The Balaban J connectivity index is 1.93. The first-order valence-electron chi connectivity index (χ1n) is 8.76. The summed E-state index contributed by atoms with van der Waals surface area (Å²) in [6.07, 6.45) is 1.90. The van der Waals surface area contributed by atoms with Crippen molar-refractivity contribution in [2.24, 2.45) is 0 Å². The second-order valence-electron chi connectivity index (χ2n) is 6.72. The zero-order valence-corrected chi connectivity index (χ0v) is 16.9. The van der Waals surface area contributed by atoms with Crippen LogP contribution in [0.15, 0.2) is 42.5 Å². The molecule has 2 N–H and O–H groups in total. The van der Waals surface area contributed by atoms with Crippen LogP contribution in [0.3, 0.4) is 0 Å². The number of hydrogen-bond donors (Lipinski definition) is 2. The first kappa shape index (κ1) is 20.8. The van der Waals surface area contributed by atoms with Crippen molar-refractivity contribution in [2.75, 3.05) is 17.5 Å². The molecule has 0 fully saturated rings. The average Bonchev–Trinajstić information content (AvgIpc) is 2.56. The number of hydrogen-bond acceptors (Lipinski definition) is 4. The van der Waals surface area contributed by atoms with Crippen LogP contribution >= 0.6 is 0 Å². The van der Waals surface area contributed by atoms with Gasteiger partial charge in [-0.2, -0.15) is 0 Å².